The molecule has 186 valence electrons. The van der Waals surface area contributed by atoms with Crippen LogP contribution >= 0.6 is 11.3 Å². The quantitative estimate of drug-likeness (QED) is 0.311. The number of thiophene rings is 1. The van der Waals surface area contributed by atoms with Crippen molar-refractivity contribution in [3.8, 4) is 0 Å². The number of nitrogens with one attached hydrogen (secondary N) is 2. The smallest absolute Gasteiger partial charge is 0.350 e. The normalized spacial score (nSPS) is 11.3. The molecule has 0 atom stereocenters. The lowest BCUT2D eigenvalue weighted by Gasteiger charge is -2.11. The molecule has 2 heterocycles. The van der Waals surface area contributed by atoms with Gasteiger partial charge in [0.15, 0.2) is 0 Å². The lowest BCUT2D eigenvalue weighted by Crippen LogP contribution is -2.15. The number of anilines is 2. The minimum absolute atomic E-state index is 0.143. The summed E-state index contributed by atoms with van der Waals surface area (Å²) in [6.45, 7) is 7.55. The fourth-order valence-electron chi connectivity index (χ4n) is 3.71. The molecule has 2 aromatic heterocycles. The molecule has 0 spiro atoms. The minimum atomic E-state index is -3.77. The second kappa shape index (κ2) is 10.1. The van der Waals surface area contributed by atoms with Crippen molar-refractivity contribution in [2.45, 2.75) is 32.6 Å². The van der Waals surface area contributed by atoms with Crippen molar-refractivity contribution in [1.82, 2.24) is 4.98 Å². The van der Waals surface area contributed by atoms with Crippen LogP contribution in [0, 0.1) is 20.8 Å². The van der Waals surface area contributed by atoms with E-state index in [-0.39, 0.29) is 16.4 Å². The first-order valence-corrected chi connectivity index (χ1v) is 13.5. The van der Waals surface area contributed by atoms with E-state index in [4.69, 9.17) is 4.74 Å². The van der Waals surface area contributed by atoms with Crippen molar-refractivity contribution < 1.29 is 22.7 Å². The molecule has 1 amide bonds. The second-order valence-corrected chi connectivity index (χ2v) is 10.9. The summed E-state index contributed by atoms with van der Waals surface area (Å²) in [5.41, 5.74) is 3.59. The van der Waals surface area contributed by atoms with Gasteiger partial charge in [-0.2, -0.15) is 0 Å². The first-order valence-electron chi connectivity index (χ1n) is 11.2. The fourth-order valence-corrected chi connectivity index (χ4v) is 5.91. The number of pyridine rings is 1. The maximum absolute atomic E-state index is 13.1. The number of sulfonamides is 1. The Labute approximate surface area is 213 Å². The van der Waals surface area contributed by atoms with Crippen LogP contribution in [0.5, 0.6) is 0 Å². The van der Waals surface area contributed by atoms with Gasteiger partial charge in [-0.3, -0.25) is 9.52 Å². The lowest BCUT2D eigenvalue weighted by atomic mass is 10.1. The Hall–Kier alpha value is -3.76. The summed E-state index contributed by atoms with van der Waals surface area (Å²) >= 11 is 1.17. The highest BCUT2D eigenvalue weighted by Crippen LogP contribution is 2.38. The van der Waals surface area contributed by atoms with Crippen molar-refractivity contribution in [3.63, 3.8) is 0 Å². The van der Waals surface area contributed by atoms with Crippen molar-refractivity contribution in [2.75, 3.05) is 16.6 Å². The van der Waals surface area contributed by atoms with Crippen molar-refractivity contribution in [2.24, 2.45) is 0 Å². The van der Waals surface area contributed by atoms with Crippen LogP contribution in [-0.4, -0.2) is 31.9 Å². The molecule has 0 saturated carbocycles. The van der Waals surface area contributed by atoms with Gasteiger partial charge in [0.05, 0.1) is 17.2 Å². The number of esters is 1. The molecule has 0 fully saturated rings. The topological polar surface area (TPSA) is 114 Å². The number of aromatic nitrogens is 1. The molecule has 10 heteroatoms. The monoisotopic (exact) mass is 523 g/mol. The minimum Gasteiger partial charge on any atom is -0.462 e. The number of hydrogen-bond acceptors (Lipinski definition) is 7. The number of carbonyl (C=O) groups is 2. The first-order chi connectivity index (χ1) is 17.1. The van der Waals surface area contributed by atoms with E-state index in [1.165, 1.54) is 47.7 Å². The molecule has 0 aliphatic rings. The van der Waals surface area contributed by atoms with Gasteiger partial charge in [-0.15, -0.1) is 11.3 Å². The SMILES string of the molecule is CCOC(=O)c1sc2nc(C)cc(C)c2c1NC(=O)c1ccc(NS(=O)(=O)c2ccc(C)cc2)cc1. The van der Waals surface area contributed by atoms with Crippen molar-refractivity contribution in [3.05, 3.63) is 81.9 Å². The van der Waals surface area contributed by atoms with Crippen LogP contribution in [0.15, 0.2) is 59.5 Å². The number of benzene rings is 2. The third-order valence-electron chi connectivity index (χ3n) is 5.42. The number of nitrogens with zero attached hydrogens (tertiary/aromatic N) is 1. The maximum atomic E-state index is 13.1. The zero-order valence-electron chi connectivity index (χ0n) is 20.2. The van der Waals surface area contributed by atoms with Gasteiger partial charge in [-0.1, -0.05) is 17.7 Å². The van der Waals surface area contributed by atoms with Gasteiger partial charge in [0.1, 0.15) is 9.71 Å². The first kappa shape index (κ1) is 25.3. The Morgan fingerprint density at radius 3 is 2.31 bits per heavy atom. The number of rotatable bonds is 7. The van der Waals surface area contributed by atoms with Crippen LogP contribution in [0.3, 0.4) is 0 Å². The highest BCUT2D eigenvalue weighted by molar-refractivity contribution is 7.92. The van der Waals surface area contributed by atoms with Gasteiger partial charge < -0.3 is 10.1 Å². The number of ether oxygens (including phenoxy) is 1. The summed E-state index contributed by atoms with van der Waals surface area (Å²) in [6, 6.07) is 14.4. The van der Waals surface area contributed by atoms with E-state index < -0.39 is 21.9 Å². The maximum Gasteiger partial charge on any atom is 0.350 e. The Kier molecular flexibility index (Phi) is 7.09. The molecule has 8 nitrogen and oxygen atoms in total. The Morgan fingerprint density at radius 2 is 1.67 bits per heavy atom. The summed E-state index contributed by atoms with van der Waals surface area (Å²) in [4.78, 5) is 31.3. The number of fused-ring (bicyclic) bond motifs is 1. The van der Waals surface area contributed by atoms with Gasteiger partial charge in [-0.05, 0) is 75.7 Å². The van der Waals surface area contributed by atoms with Crippen molar-refractivity contribution in [1.29, 1.82) is 0 Å². The van der Waals surface area contributed by atoms with Gasteiger partial charge in [-0.25, -0.2) is 18.2 Å². The number of amides is 1. The molecule has 2 aromatic carbocycles. The van der Waals surface area contributed by atoms with E-state index in [0.717, 1.165) is 16.8 Å². The summed E-state index contributed by atoms with van der Waals surface area (Å²) in [5, 5.41) is 3.52. The molecule has 0 radical (unpaired) electrons. The van der Waals surface area contributed by atoms with Crippen LogP contribution in [-0.2, 0) is 14.8 Å². The Bertz CT molecular complexity index is 1560. The molecule has 0 aliphatic carbocycles. The van der Waals surface area contributed by atoms with E-state index >= 15 is 0 Å². The summed E-state index contributed by atoms with van der Waals surface area (Å²) in [6.07, 6.45) is 0. The van der Waals surface area contributed by atoms with Crippen LogP contribution < -0.4 is 10.0 Å². The van der Waals surface area contributed by atoms with Gasteiger partial charge in [0.25, 0.3) is 15.9 Å². The van der Waals surface area contributed by atoms with E-state index in [2.05, 4.69) is 15.0 Å². The van der Waals surface area contributed by atoms with E-state index in [0.29, 0.717) is 27.2 Å². The highest BCUT2D eigenvalue weighted by Gasteiger charge is 2.24. The third kappa shape index (κ3) is 5.24. The van der Waals surface area contributed by atoms with Crippen LogP contribution in [0.25, 0.3) is 10.2 Å². The molecule has 4 aromatic rings. The number of carbonyl (C=O) groups excluding carboxylic acids is 2. The summed E-state index contributed by atoms with van der Waals surface area (Å²) < 4.78 is 33.0. The zero-order chi connectivity index (χ0) is 26.0. The molecule has 2 N–H and O–H groups in total. The summed E-state index contributed by atoms with van der Waals surface area (Å²) in [7, 11) is -3.77. The molecular weight excluding hydrogens is 498 g/mol. The molecule has 0 aliphatic heterocycles. The van der Waals surface area contributed by atoms with E-state index in [1.54, 1.807) is 19.1 Å². The third-order valence-corrected chi connectivity index (χ3v) is 7.88. The average Bonchev–Trinajstić information content (AvgIpc) is 3.18. The predicted molar refractivity (Wildman–Crippen MR) is 141 cm³/mol. The van der Waals surface area contributed by atoms with E-state index in [1.807, 2.05) is 26.8 Å². The van der Waals surface area contributed by atoms with E-state index in [9.17, 15) is 18.0 Å². The molecule has 0 saturated heterocycles. The largest absolute Gasteiger partial charge is 0.462 e. The molecule has 4 rings (SSSR count). The highest BCUT2D eigenvalue weighted by atomic mass is 32.2. The summed E-state index contributed by atoms with van der Waals surface area (Å²) in [5.74, 6) is -0.984. The predicted octanol–water partition coefficient (Wildman–Crippen LogP) is 5.45. The fraction of sp³-hybridized carbons (Fsp3) is 0.192. The average molecular weight is 524 g/mol. The molecular formula is C26H25N3O5S2. The number of hydrogen-bond donors (Lipinski definition) is 2. The van der Waals surface area contributed by atoms with Gasteiger partial charge >= 0.3 is 5.97 Å². The Morgan fingerprint density at radius 1 is 1.00 bits per heavy atom. The van der Waals surface area contributed by atoms with Crippen LogP contribution in [0.2, 0.25) is 0 Å². The van der Waals surface area contributed by atoms with Crippen LogP contribution in [0.1, 0.15) is 43.8 Å². The molecule has 36 heavy (non-hydrogen) atoms. The van der Waals surface area contributed by atoms with Crippen LogP contribution in [0.4, 0.5) is 11.4 Å². The molecule has 0 unspecified atom stereocenters. The Balaban J connectivity index is 1.60. The molecule has 0 bridgehead atoms. The lowest BCUT2D eigenvalue weighted by molar-refractivity contribution is 0.0533. The van der Waals surface area contributed by atoms with Gasteiger partial charge in [0.2, 0.25) is 0 Å². The van der Waals surface area contributed by atoms with Crippen molar-refractivity contribution >= 4 is 54.8 Å². The zero-order valence-corrected chi connectivity index (χ0v) is 21.8. The van der Waals surface area contributed by atoms with Gasteiger partial charge in [0, 0.05) is 22.3 Å². The number of aryl methyl sites for hydroxylation is 3. The standard InChI is InChI=1S/C26H25N3O5S2/c1-5-34-26(31)23-22(21-16(3)14-17(4)27-25(21)35-23)28-24(30)18-8-10-19(11-9-18)29-36(32,33)20-12-6-15(2)7-13-20/h6-14,29H,5H2,1-4H3,(H,28,30). The second-order valence-electron chi connectivity index (χ2n) is 8.24.